The average Bonchev–Trinajstić information content (AvgIpc) is 3.58. The van der Waals surface area contributed by atoms with Crippen molar-refractivity contribution in [3.8, 4) is 0 Å². The summed E-state index contributed by atoms with van der Waals surface area (Å²) in [5.41, 5.74) is 6.24. The third kappa shape index (κ3) is 6.64. The third-order valence-corrected chi connectivity index (χ3v) is 9.02. The number of hydrogen-bond donors (Lipinski definition) is 3. The smallest absolute Gasteiger partial charge is 0.352 e. The van der Waals surface area contributed by atoms with E-state index in [1.165, 1.54) is 34.5 Å². The van der Waals surface area contributed by atoms with Gasteiger partial charge < -0.3 is 21.0 Å². The van der Waals surface area contributed by atoms with E-state index in [-0.39, 0.29) is 28.8 Å². The number of aromatic nitrogens is 5. The molecular formula is C23H29N9O5S3. The van der Waals surface area contributed by atoms with Crippen molar-refractivity contribution in [3.63, 3.8) is 0 Å². The highest BCUT2D eigenvalue weighted by molar-refractivity contribution is 8.01. The number of hydrogen-bond acceptors (Lipinski definition) is 13. The van der Waals surface area contributed by atoms with Gasteiger partial charge in [0.05, 0.1) is 0 Å². The van der Waals surface area contributed by atoms with Crippen molar-refractivity contribution < 1.29 is 24.3 Å². The molecule has 4 N–H and O–H groups in total. The number of thioether (sulfide) groups is 2. The lowest BCUT2D eigenvalue weighted by molar-refractivity contribution is -0.150. The van der Waals surface area contributed by atoms with E-state index in [4.69, 9.17) is 10.6 Å². The minimum atomic E-state index is -1.21. The fourth-order valence-electron chi connectivity index (χ4n) is 4.04. The van der Waals surface area contributed by atoms with Crippen LogP contribution in [-0.4, -0.2) is 88.2 Å². The topological polar surface area (TPSA) is 191 Å². The van der Waals surface area contributed by atoms with E-state index in [0.29, 0.717) is 28.8 Å². The van der Waals surface area contributed by atoms with Crippen molar-refractivity contribution in [2.24, 2.45) is 5.16 Å². The maximum absolute atomic E-state index is 13.1. The van der Waals surface area contributed by atoms with Crippen LogP contribution < -0.4 is 11.1 Å². The summed E-state index contributed by atoms with van der Waals surface area (Å²) in [7, 11) is 0. The van der Waals surface area contributed by atoms with Crippen LogP contribution in [0.25, 0.3) is 0 Å². The maximum Gasteiger partial charge on any atom is 0.352 e. The number of nitrogens with two attached hydrogens (primary N) is 1. The molecule has 2 aromatic heterocycles. The van der Waals surface area contributed by atoms with Crippen molar-refractivity contribution in [2.45, 2.75) is 55.7 Å². The fraction of sp³-hybridized carbons (Fsp3) is 0.478. The number of oxime groups is 1. The molecule has 0 saturated carbocycles. The van der Waals surface area contributed by atoms with Crippen molar-refractivity contribution in [1.82, 2.24) is 35.4 Å². The predicted octanol–water partition coefficient (Wildman–Crippen LogP) is 1.73. The van der Waals surface area contributed by atoms with Crippen molar-refractivity contribution in [2.75, 3.05) is 23.8 Å². The van der Waals surface area contributed by atoms with Gasteiger partial charge in [0.2, 0.25) is 5.16 Å². The second-order valence-electron chi connectivity index (χ2n) is 8.75. The number of unbranched alkanes of at least 4 members (excludes halogenated alkanes) is 3. The molecule has 4 rings (SSSR count). The highest BCUT2D eigenvalue weighted by Crippen LogP contribution is 2.41. The Morgan fingerprint density at radius 1 is 1.40 bits per heavy atom. The van der Waals surface area contributed by atoms with Crippen molar-refractivity contribution in [1.29, 1.82) is 0 Å². The van der Waals surface area contributed by atoms with Gasteiger partial charge in [-0.15, -0.1) is 28.2 Å². The van der Waals surface area contributed by atoms with Crippen LogP contribution in [0.5, 0.6) is 0 Å². The number of nitrogen functional groups attached to an aromatic ring is 1. The van der Waals surface area contributed by atoms with Crippen LogP contribution in [0.3, 0.4) is 0 Å². The van der Waals surface area contributed by atoms with Gasteiger partial charge in [0, 0.05) is 23.4 Å². The highest BCUT2D eigenvalue weighted by Gasteiger charge is 2.54. The summed E-state index contributed by atoms with van der Waals surface area (Å²) >= 11 is 3.82. The summed E-state index contributed by atoms with van der Waals surface area (Å²) in [6.07, 6.45) is 5.76. The van der Waals surface area contributed by atoms with E-state index in [1.807, 2.05) is 0 Å². The molecule has 14 nitrogen and oxygen atoms in total. The molecule has 0 radical (unpaired) electrons. The molecule has 2 atom stereocenters. The first-order chi connectivity index (χ1) is 19.3. The largest absolute Gasteiger partial charge is 0.477 e. The number of carbonyl (C=O) groups excluding carboxylic acids is 2. The number of carboxylic acids is 1. The van der Waals surface area contributed by atoms with Crippen LogP contribution in [0.15, 0.2) is 39.6 Å². The second kappa shape index (κ2) is 13.8. The number of aliphatic carboxylic acids is 1. The van der Waals surface area contributed by atoms with Gasteiger partial charge in [-0.1, -0.05) is 55.8 Å². The number of β-lactam (4-membered cyclic amide) rings is 1. The molecule has 0 aromatic carbocycles. The van der Waals surface area contributed by atoms with E-state index in [0.717, 1.165) is 37.0 Å². The van der Waals surface area contributed by atoms with Crippen LogP contribution in [0.4, 0.5) is 5.13 Å². The molecule has 1 unspecified atom stereocenters. The first-order valence-corrected chi connectivity index (χ1v) is 15.4. The van der Waals surface area contributed by atoms with Crippen LogP contribution in [-0.2, 0) is 25.8 Å². The van der Waals surface area contributed by atoms with Crippen molar-refractivity contribution in [3.05, 3.63) is 35.0 Å². The fourth-order valence-corrected chi connectivity index (χ4v) is 6.98. The molecule has 4 heterocycles. The Morgan fingerprint density at radius 2 is 2.23 bits per heavy atom. The minimum absolute atomic E-state index is 0.0593. The zero-order chi connectivity index (χ0) is 28.6. The molecule has 0 spiro atoms. The number of carboxylic acid groups (broad SMARTS) is 1. The standard InChI is InChI=1S/C23H29N9O5S3/c1-3-5-6-7-8-31-23(27-29-30-31)40-11-13-10-38-20-16(19(34)32(20)17(13)21(35)36)26-18(33)15(28-37-9-4-2)14-12-39-22(24)25-14/h4,12,16,20H,2-3,5-11H2,1H3,(H2,24,25)(H,26,33)(H,35,36)/t16?,20-/m0/s1. The lowest BCUT2D eigenvalue weighted by Crippen LogP contribution is -2.71. The number of tetrazole rings is 1. The number of amides is 2. The van der Waals surface area contributed by atoms with Crippen LogP contribution in [0.1, 0.15) is 38.3 Å². The Balaban J connectivity index is 1.43. The number of rotatable bonds is 15. The van der Waals surface area contributed by atoms with Crippen molar-refractivity contribution >= 4 is 63.5 Å². The molecule has 2 aliphatic rings. The molecule has 1 fully saturated rings. The predicted molar refractivity (Wildman–Crippen MR) is 152 cm³/mol. The molecule has 40 heavy (non-hydrogen) atoms. The Kier molecular flexibility index (Phi) is 10.2. The Bertz CT molecular complexity index is 1320. The molecule has 2 aliphatic heterocycles. The van der Waals surface area contributed by atoms with Gasteiger partial charge in [-0.25, -0.2) is 14.5 Å². The molecule has 1 saturated heterocycles. The van der Waals surface area contributed by atoms with E-state index < -0.39 is 29.2 Å². The van der Waals surface area contributed by atoms with Gasteiger partial charge in [-0.3, -0.25) is 14.5 Å². The Hall–Kier alpha value is -3.44. The quantitative estimate of drug-likeness (QED) is 0.0664. The van der Waals surface area contributed by atoms with Gasteiger partial charge in [0.1, 0.15) is 29.4 Å². The molecule has 0 bridgehead atoms. The summed E-state index contributed by atoms with van der Waals surface area (Å²) in [5.74, 6) is -1.77. The number of aryl methyl sites for hydroxylation is 1. The number of anilines is 1. The molecule has 0 aliphatic carbocycles. The number of thiazole rings is 1. The zero-order valence-electron chi connectivity index (χ0n) is 21.7. The minimum Gasteiger partial charge on any atom is -0.477 e. The molecule has 2 aromatic rings. The van der Waals surface area contributed by atoms with Gasteiger partial charge in [-0.2, -0.15) is 0 Å². The number of carbonyl (C=O) groups is 3. The number of nitrogens with one attached hydrogen (secondary N) is 1. The normalized spacial score (nSPS) is 18.8. The zero-order valence-corrected chi connectivity index (χ0v) is 24.1. The van der Waals surface area contributed by atoms with Gasteiger partial charge in [0.25, 0.3) is 11.8 Å². The van der Waals surface area contributed by atoms with Gasteiger partial charge >= 0.3 is 5.97 Å². The molecule has 214 valence electrons. The second-order valence-corrected chi connectivity index (χ2v) is 11.7. The van der Waals surface area contributed by atoms with Gasteiger partial charge in [-0.05, 0) is 22.4 Å². The summed E-state index contributed by atoms with van der Waals surface area (Å²) in [4.78, 5) is 48.8. The first-order valence-electron chi connectivity index (χ1n) is 12.5. The summed E-state index contributed by atoms with van der Waals surface area (Å²) in [6, 6.07) is -0.947. The summed E-state index contributed by atoms with van der Waals surface area (Å²) in [5, 5.41) is 30.1. The number of fused-ring (bicyclic) bond motifs is 1. The summed E-state index contributed by atoms with van der Waals surface area (Å²) in [6.45, 7) is 6.42. The first kappa shape index (κ1) is 29.5. The molecule has 2 amide bonds. The van der Waals surface area contributed by atoms with Crippen LogP contribution in [0.2, 0.25) is 0 Å². The monoisotopic (exact) mass is 607 g/mol. The van der Waals surface area contributed by atoms with Crippen LogP contribution >= 0.6 is 34.9 Å². The highest BCUT2D eigenvalue weighted by atomic mass is 32.2. The van der Waals surface area contributed by atoms with E-state index in [2.05, 4.69) is 44.5 Å². The summed E-state index contributed by atoms with van der Waals surface area (Å²) < 4.78 is 1.72. The van der Waals surface area contributed by atoms with E-state index >= 15 is 0 Å². The van der Waals surface area contributed by atoms with E-state index in [1.54, 1.807) is 10.1 Å². The molecular weight excluding hydrogens is 579 g/mol. The third-order valence-electron chi connectivity index (χ3n) is 5.96. The lowest BCUT2D eigenvalue weighted by atomic mass is 10.0. The van der Waals surface area contributed by atoms with E-state index in [9.17, 15) is 19.5 Å². The SMILES string of the molecule is C=CCON=C(C(=O)NC1C(=O)N2C(C(=O)O)=C(CSc3nnnn3CCCCCC)CS[C@@H]12)c1csc(N)n1. The van der Waals surface area contributed by atoms with Crippen LogP contribution in [0, 0.1) is 0 Å². The molecule has 17 heteroatoms. The Morgan fingerprint density at radius 3 is 2.92 bits per heavy atom. The maximum atomic E-state index is 13.1. The average molecular weight is 608 g/mol. The lowest BCUT2D eigenvalue weighted by Gasteiger charge is -2.49. The van der Waals surface area contributed by atoms with Gasteiger partial charge in [0.15, 0.2) is 10.8 Å². The Labute approximate surface area is 242 Å². The number of nitrogens with zero attached hydrogens (tertiary/aromatic N) is 7.